The molecule has 2 N–H and O–H groups in total. The molecule has 0 bridgehead atoms. The topological polar surface area (TPSA) is 73.7 Å². The second kappa shape index (κ2) is 7.76. The number of nitrogens with zero attached hydrogens (tertiary/aromatic N) is 2. The van der Waals surface area contributed by atoms with Gasteiger partial charge in [-0.15, -0.1) is 0 Å². The van der Waals surface area contributed by atoms with Gasteiger partial charge >= 0.3 is 0 Å². The van der Waals surface area contributed by atoms with Crippen LogP contribution in [-0.4, -0.2) is 51.3 Å². The van der Waals surface area contributed by atoms with Gasteiger partial charge in [0, 0.05) is 29.7 Å². The van der Waals surface area contributed by atoms with E-state index in [-0.39, 0.29) is 12.5 Å². The van der Waals surface area contributed by atoms with E-state index in [1.165, 1.54) is 0 Å². The lowest BCUT2D eigenvalue weighted by molar-refractivity contribution is -0.0321. The maximum atomic E-state index is 13.0. The quantitative estimate of drug-likeness (QED) is 0.523. The highest BCUT2D eigenvalue weighted by Gasteiger charge is 2.29. The number of aliphatic hydroxyl groups excluding tert-OH is 2. The summed E-state index contributed by atoms with van der Waals surface area (Å²) in [6.45, 7) is 2.59. The molecule has 1 aromatic heterocycles. The highest BCUT2D eigenvalue weighted by Crippen LogP contribution is 2.31. The highest BCUT2D eigenvalue weighted by molar-refractivity contribution is 6.03. The molecule has 1 amide bonds. The lowest BCUT2D eigenvalue weighted by Crippen LogP contribution is -2.48. The number of hydrogen-bond acceptors (Lipinski definition) is 4. The summed E-state index contributed by atoms with van der Waals surface area (Å²) in [5, 5.41) is 22.8. The number of rotatable bonds is 2. The average molecular weight is 412 g/mol. The van der Waals surface area contributed by atoms with E-state index in [1.807, 2.05) is 49.4 Å². The number of aliphatic hydroxyl groups is 2. The van der Waals surface area contributed by atoms with Gasteiger partial charge in [0.05, 0.1) is 17.7 Å². The van der Waals surface area contributed by atoms with Gasteiger partial charge in [0.15, 0.2) is 0 Å². The summed E-state index contributed by atoms with van der Waals surface area (Å²) in [7, 11) is 0. The highest BCUT2D eigenvalue weighted by atomic mass is 16.3. The Balaban J connectivity index is 1.51. The Morgan fingerprint density at radius 1 is 0.968 bits per heavy atom. The molecule has 3 aromatic carbocycles. The molecule has 156 valence electrons. The molecule has 1 saturated heterocycles. The van der Waals surface area contributed by atoms with Gasteiger partial charge in [-0.2, -0.15) is 0 Å². The van der Waals surface area contributed by atoms with Crippen LogP contribution >= 0.6 is 0 Å². The number of carbonyl (C=O) groups is 1. The van der Waals surface area contributed by atoms with Crippen molar-refractivity contribution in [2.45, 2.75) is 25.6 Å². The van der Waals surface area contributed by atoms with Crippen LogP contribution in [0.15, 0.2) is 66.7 Å². The van der Waals surface area contributed by atoms with Crippen LogP contribution in [0.1, 0.15) is 22.5 Å². The van der Waals surface area contributed by atoms with Gasteiger partial charge in [-0.25, -0.2) is 0 Å². The zero-order chi connectivity index (χ0) is 21.5. The predicted molar refractivity (Wildman–Crippen MR) is 122 cm³/mol. The van der Waals surface area contributed by atoms with Crippen LogP contribution in [0.4, 0.5) is 0 Å². The van der Waals surface area contributed by atoms with Gasteiger partial charge < -0.3 is 15.1 Å². The summed E-state index contributed by atoms with van der Waals surface area (Å²) in [5.74, 6) is -0.120. The third kappa shape index (κ3) is 3.67. The van der Waals surface area contributed by atoms with E-state index < -0.39 is 12.2 Å². The van der Waals surface area contributed by atoms with E-state index in [4.69, 9.17) is 0 Å². The van der Waals surface area contributed by atoms with E-state index >= 15 is 0 Å². The van der Waals surface area contributed by atoms with E-state index in [1.54, 1.807) is 4.90 Å². The van der Waals surface area contributed by atoms with Crippen LogP contribution < -0.4 is 0 Å². The van der Waals surface area contributed by atoms with Crippen LogP contribution in [0.3, 0.4) is 0 Å². The minimum absolute atomic E-state index is 0.120. The van der Waals surface area contributed by atoms with E-state index in [2.05, 4.69) is 29.2 Å². The number of fused-ring (bicyclic) bond motifs is 2. The fraction of sp³-hybridized carbons (Fsp3) is 0.231. The molecule has 5 rings (SSSR count). The normalized spacial score (nSPS) is 19.1. The molecule has 0 unspecified atom stereocenters. The molecule has 1 aliphatic rings. The molecular weight excluding hydrogens is 388 g/mol. The fourth-order valence-corrected chi connectivity index (χ4v) is 4.35. The molecule has 2 heterocycles. The van der Waals surface area contributed by atoms with Crippen molar-refractivity contribution in [2.75, 3.05) is 13.1 Å². The monoisotopic (exact) mass is 412 g/mol. The number of likely N-dealkylation sites (tertiary alicyclic amines) is 1. The number of amides is 1. The first kappa shape index (κ1) is 19.7. The van der Waals surface area contributed by atoms with Gasteiger partial charge in [0.25, 0.3) is 5.91 Å². The van der Waals surface area contributed by atoms with Crippen molar-refractivity contribution >= 4 is 27.6 Å². The fourth-order valence-electron chi connectivity index (χ4n) is 4.35. The van der Waals surface area contributed by atoms with E-state index in [9.17, 15) is 15.0 Å². The zero-order valence-electron chi connectivity index (χ0n) is 17.3. The first-order valence-electron chi connectivity index (χ1n) is 10.6. The van der Waals surface area contributed by atoms with E-state index in [0.29, 0.717) is 18.5 Å². The number of benzene rings is 3. The molecule has 2 atom stereocenters. The van der Waals surface area contributed by atoms with Crippen LogP contribution in [0.2, 0.25) is 0 Å². The largest absolute Gasteiger partial charge is 0.390 e. The van der Waals surface area contributed by atoms with E-state index in [0.717, 1.165) is 38.5 Å². The van der Waals surface area contributed by atoms with Crippen molar-refractivity contribution in [3.05, 3.63) is 78.0 Å². The first-order chi connectivity index (χ1) is 15.0. The number of carbonyl (C=O) groups excluding carboxylic acids is 1. The molecule has 0 spiro atoms. The zero-order valence-corrected chi connectivity index (χ0v) is 17.3. The SMILES string of the molecule is Cc1ccc2cc(-c3cccc4cc(C(=O)N5CC[C@H](O)[C@@H](O)C5)ccc34)ccc2n1. The maximum Gasteiger partial charge on any atom is 0.253 e. The Hall–Kier alpha value is -3.28. The van der Waals surface area contributed by atoms with Gasteiger partial charge in [-0.05, 0) is 65.6 Å². The summed E-state index contributed by atoms with van der Waals surface area (Å²) in [6.07, 6.45) is -1.26. The second-order valence-corrected chi connectivity index (χ2v) is 8.28. The van der Waals surface area contributed by atoms with Gasteiger partial charge in [-0.3, -0.25) is 9.78 Å². The molecule has 0 aliphatic carbocycles. The molecule has 0 saturated carbocycles. The number of aryl methyl sites for hydroxylation is 1. The predicted octanol–water partition coefficient (Wildman–Crippen LogP) is 3.93. The Kier molecular flexibility index (Phi) is 4.93. The van der Waals surface area contributed by atoms with Gasteiger partial charge in [-0.1, -0.05) is 36.4 Å². The Morgan fingerprint density at radius 2 is 1.84 bits per heavy atom. The number of pyridine rings is 1. The Morgan fingerprint density at radius 3 is 2.68 bits per heavy atom. The molecule has 0 radical (unpaired) electrons. The Labute approximate surface area is 180 Å². The van der Waals surface area contributed by atoms with Crippen LogP contribution in [0.5, 0.6) is 0 Å². The second-order valence-electron chi connectivity index (χ2n) is 8.28. The summed E-state index contributed by atoms with van der Waals surface area (Å²) >= 11 is 0. The third-order valence-electron chi connectivity index (χ3n) is 6.10. The van der Waals surface area contributed by atoms with Crippen molar-refractivity contribution < 1.29 is 15.0 Å². The first-order valence-corrected chi connectivity index (χ1v) is 10.6. The van der Waals surface area contributed by atoms with Crippen molar-refractivity contribution in [2.24, 2.45) is 0 Å². The summed E-state index contributed by atoms with van der Waals surface area (Å²) in [4.78, 5) is 19.1. The van der Waals surface area contributed by atoms with Gasteiger partial charge in [0.1, 0.15) is 0 Å². The summed E-state index contributed by atoms with van der Waals surface area (Å²) in [5.41, 5.74) is 4.78. The molecule has 1 fully saturated rings. The lowest BCUT2D eigenvalue weighted by atomic mass is 9.95. The standard InChI is InChI=1S/C26H24N2O3/c1-16-5-6-19-13-18(8-10-23(19)27-16)21-4-2-3-17-14-20(7-9-22(17)21)26(31)28-12-11-24(29)25(30)15-28/h2-10,13-14,24-25,29-30H,11-12,15H2,1H3/t24-,25-/m0/s1. The van der Waals surface area contributed by atoms with Crippen molar-refractivity contribution in [1.82, 2.24) is 9.88 Å². The van der Waals surface area contributed by atoms with Crippen molar-refractivity contribution in [3.8, 4) is 11.1 Å². The molecule has 1 aliphatic heterocycles. The Bertz CT molecular complexity index is 1300. The number of piperidine rings is 1. The molecular formula is C26H24N2O3. The molecule has 4 aromatic rings. The van der Waals surface area contributed by atoms with Gasteiger partial charge in [0.2, 0.25) is 0 Å². The molecule has 31 heavy (non-hydrogen) atoms. The minimum atomic E-state index is -0.893. The maximum absolute atomic E-state index is 13.0. The lowest BCUT2D eigenvalue weighted by Gasteiger charge is -2.33. The number of hydrogen-bond donors (Lipinski definition) is 2. The van der Waals surface area contributed by atoms with Crippen LogP contribution in [-0.2, 0) is 0 Å². The molecule has 5 heteroatoms. The molecule has 5 nitrogen and oxygen atoms in total. The third-order valence-corrected chi connectivity index (χ3v) is 6.10. The number of aromatic nitrogens is 1. The van der Waals surface area contributed by atoms with Crippen LogP contribution in [0, 0.1) is 6.92 Å². The summed E-state index contributed by atoms with van der Waals surface area (Å²) in [6, 6.07) is 22.2. The van der Waals surface area contributed by atoms with Crippen LogP contribution in [0.25, 0.3) is 32.8 Å². The smallest absolute Gasteiger partial charge is 0.253 e. The average Bonchev–Trinajstić information content (AvgIpc) is 2.79. The van der Waals surface area contributed by atoms with Crippen molar-refractivity contribution in [3.63, 3.8) is 0 Å². The van der Waals surface area contributed by atoms with Crippen molar-refractivity contribution in [1.29, 1.82) is 0 Å². The summed E-state index contributed by atoms with van der Waals surface area (Å²) < 4.78 is 0. The number of β-amino-alcohol motifs (C(OH)–C–C–N with tert-alkyl or cyclic N) is 1. The minimum Gasteiger partial charge on any atom is -0.390 e.